The minimum atomic E-state index is -0.344. The van der Waals surface area contributed by atoms with Crippen LogP contribution in [0.2, 0.25) is 10.0 Å². The normalized spacial score (nSPS) is 10.2. The molecule has 0 aliphatic rings. The van der Waals surface area contributed by atoms with Crippen molar-refractivity contribution in [2.75, 3.05) is 17.2 Å². The van der Waals surface area contributed by atoms with Crippen molar-refractivity contribution in [3.8, 4) is 5.75 Å². The fourth-order valence-corrected chi connectivity index (χ4v) is 2.52. The summed E-state index contributed by atoms with van der Waals surface area (Å²) in [5.74, 6) is -0.0310. The van der Waals surface area contributed by atoms with Gasteiger partial charge in [-0.1, -0.05) is 36.2 Å². The molecule has 0 aliphatic carbocycles. The maximum absolute atomic E-state index is 12.0. The van der Waals surface area contributed by atoms with Gasteiger partial charge in [0.2, 0.25) is 5.91 Å². The fourth-order valence-electron chi connectivity index (χ4n) is 2.06. The van der Waals surface area contributed by atoms with E-state index in [4.69, 9.17) is 27.9 Å². The third-order valence-corrected chi connectivity index (χ3v) is 3.69. The van der Waals surface area contributed by atoms with E-state index >= 15 is 0 Å². The predicted octanol–water partition coefficient (Wildman–Crippen LogP) is 4.75. The van der Waals surface area contributed by atoms with E-state index in [9.17, 15) is 9.59 Å². The number of anilines is 2. The summed E-state index contributed by atoms with van der Waals surface area (Å²) in [6.45, 7) is 1.73. The van der Waals surface area contributed by atoms with Gasteiger partial charge in [0.1, 0.15) is 5.75 Å². The van der Waals surface area contributed by atoms with Crippen LogP contribution >= 0.6 is 23.2 Å². The second-order valence-electron chi connectivity index (χ2n) is 5.29. The van der Waals surface area contributed by atoms with Crippen molar-refractivity contribution in [3.05, 3.63) is 52.5 Å². The first-order valence-electron chi connectivity index (χ1n) is 7.75. The van der Waals surface area contributed by atoms with Crippen molar-refractivity contribution in [1.82, 2.24) is 0 Å². The van der Waals surface area contributed by atoms with Crippen LogP contribution in [-0.4, -0.2) is 18.4 Å². The molecule has 0 fully saturated rings. The number of amides is 2. The van der Waals surface area contributed by atoms with Crippen LogP contribution in [0.4, 0.5) is 11.4 Å². The Balaban J connectivity index is 1.90. The van der Waals surface area contributed by atoms with Crippen molar-refractivity contribution in [3.63, 3.8) is 0 Å². The minimum absolute atomic E-state index is 0.0632. The van der Waals surface area contributed by atoms with Crippen LogP contribution in [0.3, 0.4) is 0 Å². The molecule has 0 heterocycles. The number of nitrogens with one attached hydrogen (secondary N) is 2. The lowest BCUT2D eigenvalue weighted by atomic mass is 10.2. The number of ether oxygens (including phenoxy) is 1. The molecule has 25 heavy (non-hydrogen) atoms. The first kappa shape index (κ1) is 19.1. The van der Waals surface area contributed by atoms with E-state index in [-0.39, 0.29) is 18.4 Å². The van der Waals surface area contributed by atoms with Crippen molar-refractivity contribution < 1.29 is 14.3 Å². The number of rotatable bonds is 7. The molecule has 0 bridgehead atoms. The Morgan fingerprint density at radius 1 is 1.00 bits per heavy atom. The van der Waals surface area contributed by atoms with Crippen LogP contribution in [0, 0.1) is 0 Å². The van der Waals surface area contributed by atoms with Crippen LogP contribution in [0.1, 0.15) is 19.8 Å². The Morgan fingerprint density at radius 3 is 2.32 bits per heavy atom. The Hall–Kier alpha value is -2.24. The summed E-state index contributed by atoms with van der Waals surface area (Å²) in [6, 6.07) is 11.7. The first-order valence-corrected chi connectivity index (χ1v) is 8.51. The minimum Gasteiger partial charge on any atom is -0.482 e. The smallest absolute Gasteiger partial charge is 0.262 e. The van der Waals surface area contributed by atoms with Gasteiger partial charge in [-0.3, -0.25) is 9.59 Å². The molecule has 0 radical (unpaired) electrons. The van der Waals surface area contributed by atoms with Gasteiger partial charge < -0.3 is 15.4 Å². The zero-order valence-corrected chi connectivity index (χ0v) is 15.2. The molecule has 0 aliphatic heterocycles. The summed E-state index contributed by atoms with van der Waals surface area (Å²) in [4.78, 5) is 23.6. The molecule has 0 saturated carbocycles. The summed E-state index contributed by atoms with van der Waals surface area (Å²) in [5, 5.41) is 6.30. The van der Waals surface area contributed by atoms with Gasteiger partial charge in [0.25, 0.3) is 5.91 Å². The van der Waals surface area contributed by atoms with Gasteiger partial charge in [0, 0.05) is 22.8 Å². The van der Waals surface area contributed by atoms with E-state index in [0.29, 0.717) is 33.6 Å². The standard InChI is InChI=1S/C18H18Cl2N2O3/c1-2-4-17(23)21-13-5-3-6-14(10-13)22-18(24)11-25-16-8-7-12(19)9-15(16)20/h3,5-10H,2,4,11H2,1H3,(H,21,23)(H,22,24). The highest BCUT2D eigenvalue weighted by molar-refractivity contribution is 6.35. The molecule has 0 atom stereocenters. The molecule has 2 rings (SSSR count). The maximum atomic E-state index is 12.0. The van der Waals surface area contributed by atoms with Gasteiger partial charge in [0.05, 0.1) is 5.02 Å². The van der Waals surface area contributed by atoms with Gasteiger partial charge in [0.15, 0.2) is 6.61 Å². The van der Waals surface area contributed by atoms with Crippen LogP contribution in [-0.2, 0) is 9.59 Å². The van der Waals surface area contributed by atoms with Gasteiger partial charge in [-0.15, -0.1) is 0 Å². The van der Waals surface area contributed by atoms with Crippen molar-refractivity contribution in [2.24, 2.45) is 0 Å². The summed E-state index contributed by atoms with van der Waals surface area (Å²) < 4.78 is 5.38. The third-order valence-electron chi connectivity index (χ3n) is 3.16. The molecule has 2 N–H and O–H groups in total. The van der Waals surface area contributed by atoms with Gasteiger partial charge >= 0.3 is 0 Å². The van der Waals surface area contributed by atoms with Crippen LogP contribution in [0.5, 0.6) is 5.75 Å². The highest BCUT2D eigenvalue weighted by atomic mass is 35.5. The summed E-state index contributed by atoms with van der Waals surface area (Å²) in [7, 11) is 0. The summed E-state index contributed by atoms with van der Waals surface area (Å²) in [5.41, 5.74) is 1.18. The highest BCUT2D eigenvalue weighted by Crippen LogP contribution is 2.27. The Morgan fingerprint density at radius 2 is 1.68 bits per heavy atom. The zero-order valence-electron chi connectivity index (χ0n) is 13.6. The molecule has 5 nitrogen and oxygen atoms in total. The zero-order chi connectivity index (χ0) is 18.2. The molecule has 2 aromatic rings. The van der Waals surface area contributed by atoms with Crippen LogP contribution in [0.15, 0.2) is 42.5 Å². The van der Waals surface area contributed by atoms with E-state index in [0.717, 1.165) is 6.42 Å². The lowest BCUT2D eigenvalue weighted by Gasteiger charge is -2.10. The molecule has 132 valence electrons. The van der Waals surface area contributed by atoms with Crippen molar-refractivity contribution in [2.45, 2.75) is 19.8 Å². The van der Waals surface area contributed by atoms with Crippen LogP contribution < -0.4 is 15.4 Å². The molecule has 0 aromatic heterocycles. The number of benzene rings is 2. The van der Waals surface area contributed by atoms with Crippen molar-refractivity contribution >= 4 is 46.4 Å². The number of hydrogen-bond donors (Lipinski definition) is 2. The van der Waals surface area contributed by atoms with Gasteiger partial charge in [-0.25, -0.2) is 0 Å². The fraction of sp³-hybridized carbons (Fsp3) is 0.222. The summed E-state index contributed by atoms with van der Waals surface area (Å²) >= 11 is 11.8. The summed E-state index contributed by atoms with van der Waals surface area (Å²) in [6.07, 6.45) is 1.22. The first-order chi connectivity index (χ1) is 12.0. The lowest BCUT2D eigenvalue weighted by molar-refractivity contribution is -0.118. The van der Waals surface area contributed by atoms with E-state index in [1.165, 1.54) is 0 Å². The largest absolute Gasteiger partial charge is 0.482 e. The van der Waals surface area contributed by atoms with Gasteiger partial charge in [-0.2, -0.15) is 0 Å². The molecular formula is C18H18Cl2N2O3. The SMILES string of the molecule is CCCC(=O)Nc1cccc(NC(=O)COc2ccc(Cl)cc2Cl)c1. The average molecular weight is 381 g/mol. The average Bonchev–Trinajstić information content (AvgIpc) is 2.54. The number of carbonyl (C=O) groups excluding carboxylic acids is 2. The second-order valence-corrected chi connectivity index (χ2v) is 6.13. The third kappa shape index (κ3) is 6.29. The molecule has 0 saturated heterocycles. The molecule has 0 unspecified atom stereocenters. The topological polar surface area (TPSA) is 67.4 Å². The second kappa shape index (κ2) is 9.30. The molecule has 2 amide bonds. The monoisotopic (exact) mass is 380 g/mol. The number of halogens is 2. The van der Waals surface area contributed by atoms with E-state index in [1.54, 1.807) is 42.5 Å². The lowest BCUT2D eigenvalue weighted by Crippen LogP contribution is -2.20. The number of carbonyl (C=O) groups is 2. The predicted molar refractivity (Wildman–Crippen MR) is 101 cm³/mol. The van der Waals surface area contributed by atoms with E-state index in [1.807, 2.05) is 6.92 Å². The highest BCUT2D eigenvalue weighted by Gasteiger charge is 2.08. The molecule has 7 heteroatoms. The maximum Gasteiger partial charge on any atom is 0.262 e. The molecule has 0 spiro atoms. The van der Waals surface area contributed by atoms with Gasteiger partial charge in [-0.05, 0) is 42.8 Å². The Labute approximate surface area is 156 Å². The van der Waals surface area contributed by atoms with E-state index in [2.05, 4.69) is 10.6 Å². The number of hydrogen-bond acceptors (Lipinski definition) is 3. The van der Waals surface area contributed by atoms with Crippen LogP contribution in [0.25, 0.3) is 0 Å². The van der Waals surface area contributed by atoms with E-state index < -0.39 is 0 Å². The van der Waals surface area contributed by atoms with Crippen molar-refractivity contribution in [1.29, 1.82) is 0 Å². The Bertz CT molecular complexity index is 766. The Kier molecular flexibility index (Phi) is 7.10. The molecular weight excluding hydrogens is 363 g/mol. The quantitative estimate of drug-likeness (QED) is 0.727. The molecule has 2 aromatic carbocycles.